The van der Waals surface area contributed by atoms with E-state index in [9.17, 15) is 26.4 Å². The lowest BCUT2D eigenvalue weighted by Gasteiger charge is -2.25. The summed E-state index contributed by atoms with van der Waals surface area (Å²) in [7, 11) is -8.94. The molecule has 162 valence electrons. The Morgan fingerprint density at radius 3 is 1.83 bits per heavy atom. The molecule has 30 heavy (non-hydrogen) atoms. The van der Waals surface area contributed by atoms with Gasteiger partial charge in [0.05, 0.1) is 10.5 Å². The number of sulfone groups is 1. The molecular weight excluding hydrogens is 434 g/mol. The van der Waals surface area contributed by atoms with Crippen LogP contribution in [0.25, 0.3) is 0 Å². The second-order valence-corrected chi connectivity index (χ2v) is 10.9. The first-order valence-electron chi connectivity index (χ1n) is 8.58. The summed E-state index contributed by atoms with van der Waals surface area (Å²) in [6, 6.07) is 12.0. The second kappa shape index (κ2) is 8.44. The van der Waals surface area contributed by atoms with Crippen LogP contribution >= 0.6 is 0 Å². The maximum atomic E-state index is 13.2. The Morgan fingerprint density at radius 2 is 1.33 bits per heavy atom. The minimum atomic E-state index is -4.95. The average Bonchev–Trinajstić information content (AvgIpc) is 2.64. The van der Waals surface area contributed by atoms with Crippen molar-refractivity contribution in [3.8, 4) is 0 Å². The van der Waals surface area contributed by atoms with Crippen molar-refractivity contribution in [2.75, 3.05) is 6.26 Å². The van der Waals surface area contributed by atoms with Crippen LogP contribution in [-0.2, 0) is 29.4 Å². The molecule has 9 nitrogen and oxygen atoms in total. The Labute approximate surface area is 175 Å². The summed E-state index contributed by atoms with van der Waals surface area (Å²) in [5.41, 5.74) is -1.15. The Balaban J connectivity index is 2.59. The van der Waals surface area contributed by atoms with E-state index in [2.05, 4.69) is 0 Å². The van der Waals surface area contributed by atoms with Gasteiger partial charge in [-0.3, -0.25) is 0 Å². The second-order valence-electron chi connectivity index (χ2n) is 7.18. The molecule has 1 amide bonds. The van der Waals surface area contributed by atoms with Crippen LogP contribution < -0.4 is 0 Å². The molecule has 0 saturated heterocycles. The smallest absolute Gasteiger partial charge is 0.441 e. The largest absolute Gasteiger partial charge is 0.459 e. The fourth-order valence-electron chi connectivity index (χ4n) is 2.24. The predicted octanol–water partition coefficient (Wildman–Crippen LogP) is 2.79. The van der Waals surface area contributed by atoms with Crippen molar-refractivity contribution < 1.29 is 36.0 Å². The van der Waals surface area contributed by atoms with E-state index in [0.717, 1.165) is 18.4 Å². The van der Waals surface area contributed by atoms with Crippen LogP contribution in [0.5, 0.6) is 0 Å². The fourth-order valence-corrected chi connectivity index (χ4v) is 4.92. The molecule has 0 saturated carbocycles. The van der Waals surface area contributed by atoms with Gasteiger partial charge in [0.25, 0.3) is 0 Å². The van der Waals surface area contributed by atoms with Crippen LogP contribution in [0.1, 0.15) is 31.1 Å². The topological polar surface area (TPSA) is 124 Å². The van der Waals surface area contributed by atoms with Crippen LogP contribution in [0.2, 0.25) is 0 Å². The first-order chi connectivity index (χ1) is 13.7. The van der Waals surface area contributed by atoms with Crippen molar-refractivity contribution in [1.29, 1.82) is 0 Å². The van der Waals surface area contributed by atoms with Crippen LogP contribution in [0, 0.1) is 0 Å². The van der Waals surface area contributed by atoms with Gasteiger partial charge in [-0.1, -0.05) is 30.3 Å². The zero-order chi connectivity index (χ0) is 22.7. The highest BCUT2D eigenvalue weighted by Crippen LogP contribution is 2.26. The van der Waals surface area contributed by atoms with Gasteiger partial charge in [0.1, 0.15) is 10.5 Å². The molecule has 0 bridgehead atoms. The third-order valence-corrected chi connectivity index (χ3v) is 6.32. The van der Waals surface area contributed by atoms with E-state index in [0.29, 0.717) is 0 Å². The normalized spacial score (nSPS) is 12.1. The highest BCUT2D eigenvalue weighted by Gasteiger charge is 2.39. The Hall–Kier alpha value is -2.92. The van der Waals surface area contributed by atoms with Crippen molar-refractivity contribution in [3.05, 3.63) is 60.2 Å². The number of benzene rings is 2. The molecule has 0 heterocycles. The van der Waals surface area contributed by atoms with E-state index in [1.165, 1.54) is 57.2 Å². The number of carbonyl (C=O) groups is 2. The third-order valence-electron chi connectivity index (χ3n) is 3.46. The minimum absolute atomic E-state index is 0.0299. The van der Waals surface area contributed by atoms with E-state index >= 15 is 0 Å². The number of hydroxylamine groups is 1. The van der Waals surface area contributed by atoms with Gasteiger partial charge in [-0.15, -0.1) is 0 Å². The molecule has 2 aromatic carbocycles. The van der Waals surface area contributed by atoms with Crippen molar-refractivity contribution in [2.45, 2.75) is 36.2 Å². The summed E-state index contributed by atoms with van der Waals surface area (Å²) in [5.74, 6) is -1.15. The van der Waals surface area contributed by atoms with E-state index in [1.54, 1.807) is 6.07 Å². The summed E-state index contributed by atoms with van der Waals surface area (Å²) >= 11 is 0. The zero-order valence-electron chi connectivity index (χ0n) is 16.7. The SMILES string of the molecule is CC(C)(C)OC(=O)N(OC(=O)c1ccccc1)S(=O)(=O)c1ccccc1S(C)(=O)=O. The molecule has 0 aliphatic carbocycles. The molecular formula is C19H21NO8S2. The molecule has 11 heteroatoms. The molecule has 0 N–H and O–H groups in total. The summed E-state index contributed by atoms with van der Waals surface area (Å²) in [5, 5.41) is 0. The molecule has 0 aliphatic rings. The number of hydrogen-bond donors (Lipinski definition) is 0. The lowest BCUT2D eigenvalue weighted by molar-refractivity contribution is -0.0588. The van der Waals surface area contributed by atoms with Crippen molar-refractivity contribution >= 4 is 31.9 Å². The molecule has 0 aromatic heterocycles. The first-order valence-corrected chi connectivity index (χ1v) is 11.9. The third kappa shape index (κ3) is 5.57. The van der Waals surface area contributed by atoms with Crippen molar-refractivity contribution in [1.82, 2.24) is 4.47 Å². The van der Waals surface area contributed by atoms with Gasteiger partial charge in [0.2, 0.25) is 0 Å². The molecule has 0 fully saturated rings. The molecule has 0 spiro atoms. The standard InChI is InChI=1S/C19H21NO8S2/c1-19(2,3)27-18(22)20(28-17(21)14-10-6-5-7-11-14)30(25,26)16-13-9-8-12-15(16)29(4,23)24/h5-13H,1-4H3. The maximum absolute atomic E-state index is 13.2. The number of hydrogen-bond acceptors (Lipinski definition) is 8. The number of rotatable bonds is 4. The molecule has 2 aromatic rings. The van der Waals surface area contributed by atoms with Gasteiger partial charge < -0.3 is 9.57 Å². The molecule has 0 atom stereocenters. The Morgan fingerprint density at radius 1 is 0.833 bits per heavy atom. The lowest BCUT2D eigenvalue weighted by Crippen LogP contribution is -2.42. The monoisotopic (exact) mass is 455 g/mol. The highest BCUT2D eigenvalue weighted by molar-refractivity contribution is 7.93. The lowest BCUT2D eigenvalue weighted by atomic mass is 10.2. The molecule has 0 unspecified atom stereocenters. The van der Waals surface area contributed by atoms with Crippen molar-refractivity contribution in [2.24, 2.45) is 0 Å². The molecule has 0 radical (unpaired) electrons. The zero-order valence-corrected chi connectivity index (χ0v) is 18.4. The number of nitrogens with zero attached hydrogens (tertiary/aromatic N) is 1. The van der Waals surface area contributed by atoms with Gasteiger partial charge in [-0.05, 0) is 49.5 Å². The summed E-state index contributed by atoms with van der Waals surface area (Å²) in [6.45, 7) is 4.46. The van der Waals surface area contributed by atoms with Gasteiger partial charge >= 0.3 is 22.1 Å². The number of ether oxygens (including phenoxy) is 1. The van der Waals surface area contributed by atoms with Gasteiger partial charge in [-0.25, -0.2) is 18.0 Å². The fraction of sp³-hybridized carbons (Fsp3) is 0.263. The number of sulfonamides is 1. The van der Waals surface area contributed by atoms with E-state index in [4.69, 9.17) is 9.57 Å². The van der Waals surface area contributed by atoms with Crippen LogP contribution in [-0.4, -0.2) is 45.2 Å². The van der Waals surface area contributed by atoms with Crippen LogP contribution in [0.15, 0.2) is 64.4 Å². The number of amides is 1. The maximum Gasteiger partial charge on any atom is 0.459 e. The predicted molar refractivity (Wildman–Crippen MR) is 107 cm³/mol. The Bertz CT molecular complexity index is 1150. The highest BCUT2D eigenvalue weighted by atomic mass is 32.2. The molecule has 2 rings (SSSR count). The van der Waals surface area contributed by atoms with Crippen LogP contribution in [0.3, 0.4) is 0 Å². The van der Waals surface area contributed by atoms with Crippen LogP contribution in [0.4, 0.5) is 4.79 Å². The summed E-state index contributed by atoms with van der Waals surface area (Å²) in [4.78, 5) is 28.6. The van der Waals surface area contributed by atoms with Gasteiger partial charge in [0, 0.05) is 6.26 Å². The average molecular weight is 456 g/mol. The minimum Gasteiger partial charge on any atom is -0.441 e. The summed E-state index contributed by atoms with van der Waals surface area (Å²) < 4.78 is 55.3. The summed E-state index contributed by atoms with van der Waals surface area (Å²) in [6.07, 6.45) is -0.690. The van der Waals surface area contributed by atoms with E-state index in [-0.39, 0.29) is 10.0 Å². The van der Waals surface area contributed by atoms with Gasteiger partial charge in [0.15, 0.2) is 9.84 Å². The molecule has 0 aliphatic heterocycles. The Kier molecular flexibility index (Phi) is 6.57. The van der Waals surface area contributed by atoms with E-state index in [1.807, 2.05) is 0 Å². The number of carbonyl (C=O) groups excluding carboxylic acids is 2. The van der Waals surface area contributed by atoms with Crippen molar-refractivity contribution in [3.63, 3.8) is 0 Å². The quantitative estimate of drug-likeness (QED) is 0.645. The first kappa shape index (κ1) is 23.4. The van der Waals surface area contributed by atoms with Gasteiger partial charge in [-0.2, -0.15) is 8.42 Å². The van der Waals surface area contributed by atoms with E-state index < -0.39 is 47.3 Å².